The lowest BCUT2D eigenvalue weighted by atomic mass is 9.40. The first kappa shape index (κ1) is 29.3. The second-order valence-electron chi connectivity index (χ2n) is 14.5. The van der Waals surface area contributed by atoms with E-state index in [1.165, 1.54) is 7.11 Å². The van der Waals surface area contributed by atoms with Crippen LogP contribution in [0.4, 0.5) is 0 Å². The van der Waals surface area contributed by atoms with E-state index in [4.69, 9.17) is 11.3 Å². The summed E-state index contributed by atoms with van der Waals surface area (Å²) >= 11 is 0. The molecule has 1 fully saturated rings. The first-order valence-corrected chi connectivity index (χ1v) is 13.9. The van der Waals surface area contributed by atoms with E-state index < -0.39 is 10.8 Å². The van der Waals surface area contributed by atoms with Crippen molar-refractivity contribution in [1.82, 2.24) is 0 Å². The molecule has 37 heavy (non-hydrogen) atoms. The molecule has 0 aromatic carbocycles. The van der Waals surface area contributed by atoms with Crippen molar-refractivity contribution in [2.45, 2.75) is 101 Å². The van der Waals surface area contributed by atoms with Crippen LogP contribution in [0.1, 0.15) is 101 Å². The van der Waals surface area contributed by atoms with Crippen LogP contribution in [0.5, 0.6) is 0 Å². The zero-order chi connectivity index (χ0) is 28.2. The van der Waals surface area contributed by atoms with Crippen LogP contribution < -0.4 is 0 Å². The third-order valence-electron chi connectivity index (χ3n) is 10.4. The fraction of sp³-hybridized carbons (Fsp3) is 0.750. The molecule has 0 unspecified atom stereocenters. The molecule has 1 saturated carbocycles. The Labute approximate surface area is 224 Å². The summed E-state index contributed by atoms with van der Waals surface area (Å²) in [4.78, 5) is 44.2. The molecular formula is C32H47NO4. The summed E-state index contributed by atoms with van der Waals surface area (Å²) in [6.45, 7) is 26.7. The summed E-state index contributed by atoms with van der Waals surface area (Å²) in [7, 11) is 1.45. The topological polar surface area (TPSA) is 64.8 Å². The molecule has 0 N–H and O–H groups in total. The zero-order valence-electron chi connectivity index (χ0n) is 24.7. The highest BCUT2D eigenvalue weighted by molar-refractivity contribution is 6.01. The van der Waals surface area contributed by atoms with Gasteiger partial charge in [-0.2, -0.15) is 0 Å². The van der Waals surface area contributed by atoms with Crippen molar-refractivity contribution in [2.24, 2.45) is 44.8 Å². The fourth-order valence-electron chi connectivity index (χ4n) is 7.92. The van der Waals surface area contributed by atoms with Gasteiger partial charge < -0.3 is 9.53 Å². The van der Waals surface area contributed by atoms with Crippen molar-refractivity contribution >= 4 is 17.5 Å². The monoisotopic (exact) mass is 509 g/mol. The van der Waals surface area contributed by atoms with E-state index in [9.17, 15) is 14.4 Å². The van der Waals surface area contributed by atoms with Gasteiger partial charge in [0.2, 0.25) is 5.70 Å². The molecule has 3 rings (SSSR count). The molecule has 5 heteroatoms. The number of hydrogen-bond acceptors (Lipinski definition) is 4. The molecule has 5 nitrogen and oxygen atoms in total. The maximum absolute atomic E-state index is 14.2. The number of allylic oxidation sites excluding steroid dienone is 4. The van der Waals surface area contributed by atoms with Crippen LogP contribution in [0.2, 0.25) is 0 Å². The van der Waals surface area contributed by atoms with Crippen LogP contribution in [-0.2, 0) is 19.1 Å². The number of methoxy groups -OCH3 is 1. The number of fused-ring (bicyclic) bond motifs is 3. The standard InChI is InChI=1S/C32H47NO4/c1-20-17-23(33-10)26(35)29(5,6)13-12-14-31(8)21(20)18-24(34)25-22(19-28(2,3)4)30(7,27(36)37-11)15-16-32(25,31)9/h17-18,20,22,25H,12-16,19H2,1-9,11H3/b23-17+/t20-,22-,25-,30-,31+,32+/m0/s1. The number of rotatable bonds is 2. The fourth-order valence-corrected chi connectivity index (χ4v) is 7.92. The van der Waals surface area contributed by atoms with Gasteiger partial charge in [0.1, 0.15) is 0 Å². The van der Waals surface area contributed by atoms with E-state index in [1.807, 2.05) is 33.8 Å². The molecule has 0 bridgehead atoms. The number of carbonyl (C=O) groups excluding carboxylic acids is 3. The number of ether oxygens (including phenoxy) is 1. The van der Waals surface area contributed by atoms with E-state index in [-0.39, 0.29) is 57.2 Å². The van der Waals surface area contributed by atoms with Gasteiger partial charge in [0, 0.05) is 11.3 Å². The second kappa shape index (κ2) is 9.51. The van der Waals surface area contributed by atoms with Crippen molar-refractivity contribution < 1.29 is 19.1 Å². The molecule has 0 aromatic rings. The van der Waals surface area contributed by atoms with Crippen LogP contribution in [0.15, 0.2) is 23.4 Å². The third kappa shape index (κ3) is 4.75. The van der Waals surface area contributed by atoms with Crippen LogP contribution in [0.3, 0.4) is 0 Å². The first-order chi connectivity index (χ1) is 16.9. The van der Waals surface area contributed by atoms with Crippen molar-refractivity contribution in [3.05, 3.63) is 34.8 Å². The van der Waals surface area contributed by atoms with E-state index in [1.54, 1.807) is 6.08 Å². The molecule has 0 radical (unpaired) electrons. The minimum absolute atomic E-state index is 0.0648. The Morgan fingerprint density at radius 3 is 2.24 bits per heavy atom. The summed E-state index contributed by atoms with van der Waals surface area (Å²) in [6, 6.07) is 0. The molecule has 0 amide bonds. The first-order valence-electron chi connectivity index (χ1n) is 13.9. The lowest BCUT2D eigenvalue weighted by molar-refractivity contribution is -0.176. The van der Waals surface area contributed by atoms with Gasteiger partial charge in [0.15, 0.2) is 11.6 Å². The summed E-state index contributed by atoms with van der Waals surface area (Å²) in [5, 5.41) is 0. The average Bonchev–Trinajstić information content (AvgIpc) is 2.79. The van der Waals surface area contributed by atoms with Crippen LogP contribution in [0, 0.1) is 51.4 Å². The van der Waals surface area contributed by atoms with Gasteiger partial charge in [-0.25, -0.2) is 4.85 Å². The Kier molecular flexibility index (Phi) is 7.54. The van der Waals surface area contributed by atoms with Crippen molar-refractivity contribution in [2.75, 3.05) is 7.11 Å². The Bertz CT molecular complexity index is 1080. The molecule has 6 atom stereocenters. The van der Waals surface area contributed by atoms with Crippen molar-refractivity contribution in [3.63, 3.8) is 0 Å². The molecule has 3 aliphatic rings. The van der Waals surface area contributed by atoms with Gasteiger partial charge in [0.05, 0.1) is 19.1 Å². The number of esters is 1. The Morgan fingerprint density at radius 2 is 1.70 bits per heavy atom. The lowest BCUT2D eigenvalue weighted by Crippen LogP contribution is -2.61. The Hall–Kier alpha value is -2.22. The number of nitrogens with zero attached hydrogens (tertiary/aromatic N) is 1. The van der Waals surface area contributed by atoms with Crippen LogP contribution in [0.25, 0.3) is 4.85 Å². The van der Waals surface area contributed by atoms with Crippen LogP contribution >= 0.6 is 0 Å². The highest BCUT2D eigenvalue weighted by Crippen LogP contribution is 2.68. The summed E-state index contributed by atoms with van der Waals surface area (Å²) in [5.41, 5.74) is -0.856. The highest BCUT2D eigenvalue weighted by atomic mass is 16.5. The van der Waals surface area contributed by atoms with Gasteiger partial charge in [-0.05, 0) is 73.2 Å². The predicted octanol–water partition coefficient (Wildman–Crippen LogP) is 7.37. The normalized spacial score (nSPS) is 39.8. The van der Waals surface area contributed by atoms with E-state index in [0.717, 1.165) is 31.3 Å². The van der Waals surface area contributed by atoms with Gasteiger partial charge in [0.25, 0.3) is 0 Å². The maximum Gasteiger partial charge on any atom is 0.311 e. The average molecular weight is 510 g/mol. The van der Waals surface area contributed by atoms with E-state index >= 15 is 0 Å². The van der Waals surface area contributed by atoms with E-state index in [2.05, 4.69) is 39.5 Å². The summed E-state index contributed by atoms with van der Waals surface area (Å²) in [6.07, 6.45) is 8.17. The maximum atomic E-state index is 14.2. The van der Waals surface area contributed by atoms with Gasteiger partial charge in [-0.3, -0.25) is 9.59 Å². The quantitative estimate of drug-likeness (QED) is 0.288. The summed E-state index contributed by atoms with van der Waals surface area (Å²) < 4.78 is 5.32. The van der Waals surface area contributed by atoms with Crippen LogP contribution in [-0.4, -0.2) is 24.6 Å². The summed E-state index contributed by atoms with van der Waals surface area (Å²) in [5.74, 6) is -0.898. The molecule has 0 spiro atoms. The number of hydrogen-bond donors (Lipinski definition) is 0. The molecule has 0 saturated heterocycles. The van der Waals surface area contributed by atoms with Crippen molar-refractivity contribution in [1.29, 1.82) is 0 Å². The molecule has 0 aliphatic heterocycles. The minimum atomic E-state index is -0.725. The third-order valence-corrected chi connectivity index (χ3v) is 10.4. The van der Waals surface area contributed by atoms with Gasteiger partial charge in [-0.1, -0.05) is 73.5 Å². The molecule has 0 heterocycles. The smallest absolute Gasteiger partial charge is 0.311 e. The van der Waals surface area contributed by atoms with Crippen molar-refractivity contribution in [3.8, 4) is 0 Å². The number of ketones is 2. The van der Waals surface area contributed by atoms with Gasteiger partial charge >= 0.3 is 5.97 Å². The number of Topliss-reactive ketones (excluding diaryl/α,β-unsaturated/α-hetero) is 1. The molecule has 204 valence electrons. The minimum Gasteiger partial charge on any atom is -0.469 e. The van der Waals surface area contributed by atoms with Gasteiger partial charge in [-0.15, -0.1) is 0 Å². The second-order valence-corrected chi connectivity index (χ2v) is 14.5. The zero-order valence-corrected chi connectivity index (χ0v) is 24.7. The lowest BCUT2D eigenvalue weighted by Gasteiger charge is -2.63. The molecular weight excluding hydrogens is 462 g/mol. The number of carbonyl (C=O) groups is 3. The predicted molar refractivity (Wildman–Crippen MR) is 146 cm³/mol. The Balaban J connectivity index is 2.26. The molecule has 0 aromatic heterocycles. The largest absolute Gasteiger partial charge is 0.469 e. The highest BCUT2D eigenvalue weighted by Gasteiger charge is 2.65. The molecule has 3 aliphatic carbocycles. The Morgan fingerprint density at radius 1 is 1.08 bits per heavy atom. The SMILES string of the molecule is [C-]#[N+]/C1=C/[C@H](C)C2=CC(=O)[C@@H]3[C@H](CC(C)(C)C)[C@@](C)(C(=O)OC)CC[C@@]3(C)[C@]2(C)CCCC(C)(C)C1=O. The van der Waals surface area contributed by atoms with E-state index in [0.29, 0.717) is 12.8 Å².